The van der Waals surface area contributed by atoms with E-state index < -0.39 is 0 Å². The van der Waals surface area contributed by atoms with Gasteiger partial charge >= 0.3 is 0 Å². The van der Waals surface area contributed by atoms with Crippen LogP contribution >= 0.6 is 0 Å². The van der Waals surface area contributed by atoms with Crippen molar-refractivity contribution in [3.63, 3.8) is 0 Å². The van der Waals surface area contributed by atoms with E-state index >= 15 is 0 Å². The Bertz CT molecular complexity index is 375. The van der Waals surface area contributed by atoms with Gasteiger partial charge in [0.2, 0.25) is 0 Å². The zero-order chi connectivity index (χ0) is 13.0. The first-order chi connectivity index (χ1) is 8.72. The van der Waals surface area contributed by atoms with Gasteiger partial charge in [-0.15, -0.1) is 0 Å². The Morgan fingerprint density at radius 3 is 2.94 bits per heavy atom. The molecule has 0 aromatic carbocycles. The molecule has 1 aromatic rings. The maximum atomic E-state index is 6.00. The molecule has 1 aliphatic carbocycles. The van der Waals surface area contributed by atoms with Gasteiger partial charge in [0, 0.05) is 12.6 Å². The van der Waals surface area contributed by atoms with E-state index in [1.54, 1.807) is 0 Å². The zero-order valence-corrected chi connectivity index (χ0v) is 11.6. The van der Waals surface area contributed by atoms with E-state index in [1.165, 1.54) is 12.1 Å². The number of hydrogen-bond acceptors (Lipinski definition) is 3. The molecule has 0 bridgehead atoms. The molecule has 0 aliphatic heterocycles. The molecule has 1 aliphatic rings. The van der Waals surface area contributed by atoms with Crippen molar-refractivity contribution in [2.75, 3.05) is 0 Å². The second kappa shape index (κ2) is 6.34. The Kier molecular flexibility index (Phi) is 4.78. The molecule has 0 spiro atoms. The lowest BCUT2D eigenvalue weighted by atomic mass is 9.93. The van der Waals surface area contributed by atoms with Crippen molar-refractivity contribution in [1.29, 1.82) is 0 Å². The van der Waals surface area contributed by atoms with Gasteiger partial charge in [-0.3, -0.25) is 4.68 Å². The molecule has 1 fully saturated rings. The molecule has 2 atom stereocenters. The lowest BCUT2D eigenvalue weighted by Crippen LogP contribution is -2.32. The topological polar surface area (TPSA) is 53.1 Å². The van der Waals surface area contributed by atoms with Gasteiger partial charge in [-0.25, -0.2) is 0 Å². The number of ether oxygens (including phenoxy) is 1. The van der Waals surface area contributed by atoms with Gasteiger partial charge in [-0.1, -0.05) is 6.92 Å². The van der Waals surface area contributed by atoms with Gasteiger partial charge < -0.3 is 10.5 Å². The van der Waals surface area contributed by atoms with Crippen LogP contribution < -0.4 is 5.73 Å². The van der Waals surface area contributed by atoms with E-state index in [-0.39, 0.29) is 0 Å². The third-order valence-corrected chi connectivity index (χ3v) is 3.71. The number of rotatable bonds is 5. The van der Waals surface area contributed by atoms with Crippen molar-refractivity contribution in [1.82, 2.24) is 9.78 Å². The summed E-state index contributed by atoms with van der Waals surface area (Å²) in [6, 6.07) is 2.48. The summed E-state index contributed by atoms with van der Waals surface area (Å²) in [5.74, 6) is 0. The Morgan fingerprint density at radius 2 is 2.28 bits per heavy atom. The summed E-state index contributed by atoms with van der Waals surface area (Å²) < 4.78 is 8.04. The van der Waals surface area contributed by atoms with E-state index in [0.29, 0.717) is 18.8 Å². The average molecular weight is 251 g/mol. The van der Waals surface area contributed by atoms with Crippen LogP contribution in [-0.2, 0) is 24.3 Å². The average Bonchev–Trinajstić information content (AvgIpc) is 2.79. The van der Waals surface area contributed by atoms with E-state index in [1.807, 2.05) is 4.68 Å². The van der Waals surface area contributed by atoms with Crippen LogP contribution in [0.5, 0.6) is 0 Å². The number of nitrogens with two attached hydrogens (primary N) is 1. The van der Waals surface area contributed by atoms with Gasteiger partial charge in [0.1, 0.15) is 0 Å². The largest absolute Gasteiger partial charge is 0.372 e. The predicted molar refractivity (Wildman–Crippen MR) is 72.3 cm³/mol. The lowest BCUT2D eigenvalue weighted by Gasteiger charge is -2.26. The van der Waals surface area contributed by atoms with Crippen LogP contribution in [0.4, 0.5) is 0 Å². The van der Waals surface area contributed by atoms with Crippen LogP contribution in [0.3, 0.4) is 0 Å². The Labute approximate surface area is 110 Å². The third-order valence-electron chi connectivity index (χ3n) is 3.71. The molecule has 18 heavy (non-hydrogen) atoms. The molecule has 2 unspecified atom stereocenters. The van der Waals surface area contributed by atoms with E-state index in [2.05, 4.69) is 25.0 Å². The molecule has 0 saturated heterocycles. The van der Waals surface area contributed by atoms with Crippen molar-refractivity contribution in [2.45, 2.75) is 71.2 Å². The summed E-state index contributed by atoms with van der Waals surface area (Å²) in [6.07, 6.45) is 5.80. The number of aromatic nitrogens is 2. The fraction of sp³-hybridized carbons (Fsp3) is 0.786. The van der Waals surface area contributed by atoms with E-state index in [9.17, 15) is 0 Å². The SMILES string of the molecule is CCc1cc(COC2CCCC(N)C2)n(CC)n1. The first kappa shape index (κ1) is 13.6. The van der Waals surface area contributed by atoms with Gasteiger partial charge in [0.25, 0.3) is 0 Å². The van der Waals surface area contributed by atoms with Crippen LogP contribution in [0.2, 0.25) is 0 Å². The molecule has 2 N–H and O–H groups in total. The third kappa shape index (κ3) is 3.33. The highest BCUT2D eigenvalue weighted by Crippen LogP contribution is 2.21. The minimum atomic E-state index is 0.325. The fourth-order valence-corrected chi connectivity index (χ4v) is 2.61. The van der Waals surface area contributed by atoms with Gasteiger partial charge in [0.05, 0.1) is 24.1 Å². The van der Waals surface area contributed by atoms with Gasteiger partial charge in [-0.2, -0.15) is 5.10 Å². The van der Waals surface area contributed by atoms with Gasteiger partial charge in [-0.05, 0) is 45.1 Å². The molecule has 1 heterocycles. The highest BCUT2D eigenvalue weighted by atomic mass is 16.5. The summed E-state index contributed by atoms with van der Waals surface area (Å²) in [6.45, 7) is 5.82. The van der Waals surface area contributed by atoms with Crippen LogP contribution in [0, 0.1) is 0 Å². The smallest absolute Gasteiger partial charge is 0.0888 e. The summed E-state index contributed by atoms with van der Waals surface area (Å²) in [5.41, 5.74) is 8.32. The second-order valence-corrected chi connectivity index (χ2v) is 5.16. The summed E-state index contributed by atoms with van der Waals surface area (Å²) in [7, 11) is 0. The van der Waals surface area contributed by atoms with Crippen molar-refractivity contribution in [2.24, 2.45) is 5.73 Å². The molecule has 1 aromatic heterocycles. The summed E-state index contributed by atoms with van der Waals surface area (Å²) >= 11 is 0. The molecule has 2 rings (SSSR count). The van der Waals surface area contributed by atoms with Gasteiger partial charge in [0.15, 0.2) is 0 Å². The maximum absolute atomic E-state index is 6.00. The van der Waals surface area contributed by atoms with Crippen molar-refractivity contribution < 1.29 is 4.74 Å². The first-order valence-electron chi connectivity index (χ1n) is 7.15. The van der Waals surface area contributed by atoms with Crippen molar-refractivity contribution >= 4 is 0 Å². The summed E-state index contributed by atoms with van der Waals surface area (Å²) in [4.78, 5) is 0. The molecule has 102 valence electrons. The van der Waals surface area contributed by atoms with Crippen LogP contribution in [0.25, 0.3) is 0 Å². The van der Waals surface area contributed by atoms with Crippen LogP contribution in [-0.4, -0.2) is 21.9 Å². The highest BCUT2D eigenvalue weighted by Gasteiger charge is 2.20. The number of hydrogen-bond donors (Lipinski definition) is 1. The highest BCUT2D eigenvalue weighted by molar-refractivity contribution is 5.09. The summed E-state index contributed by atoms with van der Waals surface area (Å²) in [5, 5.41) is 4.54. The van der Waals surface area contributed by atoms with Crippen LogP contribution in [0.15, 0.2) is 6.07 Å². The van der Waals surface area contributed by atoms with E-state index in [4.69, 9.17) is 10.5 Å². The first-order valence-corrected chi connectivity index (χ1v) is 7.15. The zero-order valence-electron chi connectivity index (χ0n) is 11.6. The molecule has 1 saturated carbocycles. The Balaban J connectivity index is 1.90. The Morgan fingerprint density at radius 1 is 1.44 bits per heavy atom. The standard InChI is InChI=1S/C14H25N3O/c1-3-12-9-13(17(4-2)16-12)10-18-14-7-5-6-11(15)8-14/h9,11,14H,3-8,10,15H2,1-2H3. The maximum Gasteiger partial charge on any atom is 0.0888 e. The van der Waals surface area contributed by atoms with E-state index in [0.717, 1.165) is 37.9 Å². The van der Waals surface area contributed by atoms with Crippen molar-refractivity contribution in [3.05, 3.63) is 17.5 Å². The molecule has 4 heteroatoms. The minimum absolute atomic E-state index is 0.325. The lowest BCUT2D eigenvalue weighted by molar-refractivity contribution is 0.00910. The molecular formula is C14H25N3O. The molecule has 0 amide bonds. The predicted octanol–water partition coefficient (Wildman–Crippen LogP) is 2.25. The number of aryl methyl sites for hydroxylation is 2. The second-order valence-electron chi connectivity index (χ2n) is 5.16. The monoisotopic (exact) mass is 251 g/mol. The normalized spacial score (nSPS) is 24.4. The molecule has 0 radical (unpaired) electrons. The minimum Gasteiger partial charge on any atom is -0.372 e. The van der Waals surface area contributed by atoms with Crippen molar-refractivity contribution in [3.8, 4) is 0 Å². The molecular weight excluding hydrogens is 226 g/mol. The Hall–Kier alpha value is -0.870. The molecule has 4 nitrogen and oxygen atoms in total. The quantitative estimate of drug-likeness (QED) is 0.873. The number of nitrogens with zero attached hydrogens (tertiary/aromatic N) is 2. The van der Waals surface area contributed by atoms with Crippen LogP contribution in [0.1, 0.15) is 50.9 Å². The fourth-order valence-electron chi connectivity index (χ4n) is 2.61.